The van der Waals surface area contributed by atoms with E-state index >= 15 is 0 Å². The van der Waals surface area contributed by atoms with E-state index in [2.05, 4.69) is 61.8 Å². The molecule has 0 bridgehead atoms. The molecule has 4 atom stereocenters. The van der Waals surface area contributed by atoms with E-state index in [-0.39, 0.29) is 40.8 Å². The second-order valence-electron chi connectivity index (χ2n) is 22.1. The number of carbonyl (C=O) groups is 2. The number of allylic oxidation sites excluding steroid dienone is 8. The summed E-state index contributed by atoms with van der Waals surface area (Å²) < 4.78 is 16.1. The first-order valence-corrected chi connectivity index (χ1v) is 26.6. The van der Waals surface area contributed by atoms with E-state index in [0.717, 1.165) is 94.6 Å². The third-order valence-corrected chi connectivity index (χ3v) is 14.9. The highest BCUT2D eigenvalue weighted by Gasteiger charge is 2.38. The van der Waals surface area contributed by atoms with Crippen LogP contribution in [0.4, 0.5) is 0 Å². The number of esters is 1. The number of benzene rings is 2. The molecule has 4 aliphatic carbocycles. The Labute approximate surface area is 432 Å². The van der Waals surface area contributed by atoms with E-state index in [1.807, 2.05) is 118 Å². The van der Waals surface area contributed by atoms with Crippen molar-refractivity contribution in [2.24, 2.45) is 21.7 Å². The molecule has 0 spiro atoms. The highest BCUT2D eigenvalue weighted by molar-refractivity contribution is 5.71. The average Bonchev–Trinajstić information content (AvgIpc) is 3.32. The first-order valence-electron chi connectivity index (χ1n) is 26.6. The van der Waals surface area contributed by atoms with Crippen molar-refractivity contribution in [3.05, 3.63) is 144 Å². The Balaban J connectivity index is 0.000000269. The van der Waals surface area contributed by atoms with Crippen molar-refractivity contribution in [3.63, 3.8) is 0 Å². The molecule has 8 nitrogen and oxygen atoms in total. The van der Waals surface area contributed by atoms with Gasteiger partial charge in [0, 0.05) is 34.8 Å². The van der Waals surface area contributed by atoms with Crippen LogP contribution in [-0.4, -0.2) is 71.5 Å². The lowest BCUT2D eigenvalue weighted by Gasteiger charge is -2.41. The van der Waals surface area contributed by atoms with Crippen molar-refractivity contribution < 1.29 is 39.1 Å². The summed E-state index contributed by atoms with van der Waals surface area (Å²) in [5.41, 5.74) is 4.43. The van der Waals surface area contributed by atoms with Crippen molar-refractivity contribution >= 4 is 11.9 Å². The Morgan fingerprint density at radius 1 is 0.611 bits per heavy atom. The van der Waals surface area contributed by atoms with Crippen LogP contribution in [0.3, 0.4) is 0 Å². The Morgan fingerprint density at radius 3 is 1.43 bits per heavy atom. The van der Waals surface area contributed by atoms with Gasteiger partial charge in [-0.05, 0) is 133 Å². The zero-order valence-electron chi connectivity index (χ0n) is 44.1. The number of aliphatic hydroxyl groups is 2. The van der Waals surface area contributed by atoms with Crippen LogP contribution in [0.1, 0.15) is 161 Å². The maximum Gasteiger partial charge on any atom is 0.332 e. The van der Waals surface area contributed by atoms with E-state index in [1.54, 1.807) is 0 Å². The standard InChI is InChI=1S/C34H46O4.C30H38O4/c1-32(2,3)38-31(36)27-37-25-19-29-17-8-10-20-33(29,4)21-11-9-18-30(35)26-34(23-13-24-34)22-12-16-28-14-6-5-7-15-28;1-29(17-7-5-14-26(29)16-22-34-24-28(32)33)18-8-6-15-27(31)23-30(20-10-21-30)19-9-13-25-11-3-2-4-12-25/h5-7,9,11,14-15,18-19,21,30,35H,8,10,13,17,20,22-27H2,1-4H3;2-4,6,8,11-12,15-16,18,27,31H,5,7,10,14,17,19-24H2,1H3,(H,32,33)/b18-9+,21-11+,29-19+;15-6+,18-8+,26-16+/t30?,33-;27?,29-/m00/s1. The van der Waals surface area contributed by atoms with E-state index in [9.17, 15) is 19.8 Å². The molecule has 72 heavy (non-hydrogen) atoms. The van der Waals surface area contributed by atoms with Gasteiger partial charge in [0.05, 0.1) is 25.4 Å². The molecule has 0 saturated heterocycles. The molecule has 0 aromatic heterocycles. The third kappa shape index (κ3) is 20.4. The summed E-state index contributed by atoms with van der Waals surface area (Å²) in [4.78, 5) is 22.5. The lowest BCUT2D eigenvalue weighted by molar-refractivity contribution is -0.159. The summed E-state index contributed by atoms with van der Waals surface area (Å²) >= 11 is 0. The summed E-state index contributed by atoms with van der Waals surface area (Å²) in [5.74, 6) is 12.0. The summed E-state index contributed by atoms with van der Waals surface area (Å²) in [5, 5.41) is 30.1. The van der Waals surface area contributed by atoms with Gasteiger partial charge in [-0.1, -0.05) is 172 Å². The molecule has 4 saturated carbocycles. The maximum atomic E-state index is 11.9. The molecule has 3 N–H and O–H groups in total. The van der Waals surface area contributed by atoms with Gasteiger partial charge in [0.1, 0.15) is 18.8 Å². The van der Waals surface area contributed by atoms with Gasteiger partial charge in [-0.25, -0.2) is 9.59 Å². The first kappa shape index (κ1) is 57.7. The Bertz CT molecular complexity index is 2320. The minimum atomic E-state index is -0.944. The van der Waals surface area contributed by atoms with Crippen LogP contribution in [0.5, 0.6) is 0 Å². The van der Waals surface area contributed by atoms with E-state index in [1.165, 1.54) is 43.3 Å². The fraction of sp³-hybridized carbons (Fsp3) is 0.531. The number of hydrogen-bond donors (Lipinski definition) is 3. The largest absolute Gasteiger partial charge is 0.480 e. The maximum absolute atomic E-state index is 11.9. The fourth-order valence-corrected chi connectivity index (χ4v) is 10.5. The lowest BCUT2D eigenvalue weighted by Crippen LogP contribution is -2.32. The molecule has 0 radical (unpaired) electrons. The number of carbonyl (C=O) groups excluding carboxylic acids is 1. The molecule has 2 aromatic rings. The Hall–Kier alpha value is -5.22. The number of rotatable bonds is 20. The minimum absolute atomic E-state index is 0.0342. The number of aliphatic hydroxyl groups excluding tert-OH is 2. The summed E-state index contributed by atoms with van der Waals surface area (Å²) in [6, 6.07) is 20.2. The molecule has 2 unspecified atom stereocenters. The monoisotopic (exact) mass is 981 g/mol. The number of carboxylic acids is 1. The molecule has 4 aliphatic rings. The number of ether oxygens (including phenoxy) is 3. The van der Waals surface area contributed by atoms with Gasteiger partial charge in [-0.15, -0.1) is 0 Å². The van der Waals surface area contributed by atoms with E-state index in [4.69, 9.17) is 19.3 Å². The van der Waals surface area contributed by atoms with Gasteiger partial charge >= 0.3 is 11.9 Å². The van der Waals surface area contributed by atoms with Crippen LogP contribution in [0, 0.1) is 45.3 Å². The smallest absolute Gasteiger partial charge is 0.332 e. The van der Waals surface area contributed by atoms with Crippen LogP contribution < -0.4 is 0 Å². The predicted molar refractivity (Wildman–Crippen MR) is 291 cm³/mol. The molecule has 8 heteroatoms. The van der Waals surface area contributed by atoms with Gasteiger partial charge in [0.2, 0.25) is 0 Å². The molecular weight excluding hydrogens is 897 g/mol. The molecular formula is C64H84O8. The average molecular weight is 981 g/mol. The minimum Gasteiger partial charge on any atom is -0.480 e. The van der Waals surface area contributed by atoms with Crippen molar-refractivity contribution in [2.45, 2.75) is 168 Å². The van der Waals surface area contributed by atoms with Crippen LogP contribution in [0.25, 0.3) is 0 Å². The quantitative estimate of drug-likeness (QED) is 0.0394. The predicted octanol–water partition coefficient (Wildman–Crippen LogP) is 13.4. The summed E-state index contributed by atoms with van der Waals surface area (Å²) in [6.45, 7) is 10.5. The normalized spacial score (nSPS) is 23.5. The molecule has 388 valence electrons. The highest BCUT2D eigenvalue weighted by atomic mass is 16.6. The molecule has 0 heterocycles. The number of hydrogen-bond acceptors (Lipinski definition) is 7. The topological polar surface area (TPSA) is 123 Å². The van der Waals surface area contributed by atoms with Crippen molar-refractivity contribution in [1.29, 1.82) is 0 Å². The highest BCUT2D eigenvalue weighted by Crippen LogP contribution is 2.49. The summed E-state index contributed by atoms with van der Waals surface area (Å²) in [6.07, 6.45) is 38.6. The van der Waals surface area contributed by atoms with Crippen LogP contribution in [0.2, 0.25) is 0 Å². The fourth-order valence-electron chi connectivity index (χ4n) is 10.5. The van der Waals surface area contributed by atoms with Crippen LogP contribution in [0.15, 0.2) is 133 Å². The zero-order valence-corrected chi connectivity index (χ0v) is 44.1. The van der Waals surface area contributed by atoms with E-state index in [0.29, 0.717) is 13.2 Å². The van der Waals surface area contributed by atoms with Gasteiger partial charge < -0.3 is 29.5 Å². The van der Waals surface area contributed by atoms with Crippen LogP contribution >= 0.6 is 0 Å². The molecule has 2 aromatic carbocycles. The van der Waals surface area contributed by atoms with E-state index < -0.39 is 23.8 Å². The molecule has 6 rings (SSSR count). The molecule has 0 aliphatic heterocycles. The van der Waals surface area contributed by atoms with Gasteiger partial charge in [-0.2, -0.15) is 0 Å². The Kier molecular flexibility index (Phi) is 23.1. The van der Waals surface area contributed by atoms with Gasteiger partial charge in [0.25, 0.3) is 0 Å². The lowest BCUT2D eigenvalue weighted by atomic mass is 9.64. The molecule has 0 amide bonds. The van der Waals surface area contributed by atoms with Crippen molar-refractivity contribution in [3.8, 4) is 23.7 Å². The van der Waals surface area contributed by atoms with Crippen molar-refractivity contribution in [1.82, 2.24) is 0 Å². The molecule has 4 fully saturated rings. The Morgan fingerprint density at radius 2 is 1.04 bits per heavy atom. The zero-order chi connectivity index (χ0) is 51.8. The second-order valence-corrected chi connectivity index (χ2v) is 22.1. The van der Waals surface area contributed by atoms with Crippen molar-refractivity contribution in [2.75, 3.05) is 26.4 Å². The van der Waals surface area contributed by atoms with Gasteiger partial charge in [-0.3, -0.25) is 0 Å². The SMILES string of the molecule is CC(C)(C)OC(=O)COC/C=C1\CCCC[C@@]1(C)/C=C/C=C/C(O)CC1(CC#Cc2ccccc2)CCC1.C[C@@]1(/C=C/C=C/C(O)CC2(CC#Cc3ccccc3)CCC2)CCCC/C1=C\COCC(=O)O. The third-order valence-electron chi connectivity index (χ3n) is 14.9. The second kappa shape index (κ2) is 28.9. The number of carboxylic acid groups (broad SMARTS) is 1. The van der Waals surface area contributed by atoms with Crippen LogP contribution in [-0.2, 0) is 23.8 Å². The number of aliphatic carboxylic acids is 1. The first-order chi connectivity index (χ1) is 34.5. The van der Waals surface area contributed by atoms with Gasteiger partial charge in [0.15, 0.2) is 0 Å². The summed E-state index contributed by atoms with van der Waals surface area (Å²) in [7, 11) is 0.